The number of hydrogen-bond donors (Lipinski definition) is 2. The van der Waals surface area contributed by atoms with Gasteiger partial charge in [-0.15, -0.1) is 0 Å². The second kappa shape index (κ2) is 8.23. The molecule has 1 aliphatic heterocycles. The Labute approximate surface area is 179 Å². The number of methoxy groups -OCH3 is 2. The number of fused-ring (bicyclic) bond motifs is 1. The summed E-state index contributed by atoms with van der Waals surface area (Å²) in [5.74, 6) is 1.23. The predicted octanol–water partition coefficient (Wildman–Crippen LogP) is 3.61. The number of hydrogen-bond acceptors (Lipinski definition) is 6. The smallest absolute Gasteiger partial charge is 0.232 e. The third kappa shape index (κ3) is 3.66. The highest BCUT2D eigenvalue weighted by Crippen LogP contribution is 2.41. The molecule has 2 aromatic carbocycles. The lowest BCUT2D eigenvalue weighted by atomic mass is 9.85. The van der Waals surface area contributed by atoms with Crippen molar-refractivity contribution in [1.29, 1.82) is 0 Å². The summed E-state index contributed by atoms with van der Waals surface area (Å²) in [6.07, 6.45) is 1.47. The Morgan fingerprint density at radius 2 is 1.93 bits per heavy atom. The number of carbonyl (C=O) groups is 1. The first-order chi connectivity index (χ1) is 14.5. The van der Waals surface area contributed by atoms with Crippen molar-refractivity contribution in [3.63, 3.8) is 0 Å². The van der Waals surface area contributed by atoms with E-state index in [1.54, 1.807) is 43.2 Å². The van der Waals surface area contributed by atoms with Gasteiger partial charge in [-0.25, -0.2) is 4.68 Å². The Balaban J connectivity index is 1.78. The van der Waals surface area contributed by atoms with E-state index in [1.165, 1.54) is 6.33 Å². The molecule has 1 amide bonds. The van der Waals surface area contributed by atoms with Crippen LogP contribution in [0.2, 0.25) is 5.02 Å². The monoisotopic (exact) mass is 427 g/mol. The molecule has 1 aliphatic rings. The van der Waals surface area contributed by atoms with Gasteiger partial charge in [-0.1, -0.05) is 11.6 Å². The van der Waals surface area contributed by atoms with Crippen molar-refractivity contribution in [2.24, 2.45) is 5.92 Å². The molecule has 2 heterocycles. The second-order valence-electron chi connectivity index (χ2n) is 7.04. The summed E-state index contributed by atoms with van der Waals surface area (Å²) < 4.78 is 12.7. The minimum absolute atomic E-state index is 0.159. The molecule has 30 heavy (non-hydrogen) atoms. The van der Waals surface area contributed by atoms with Crippen molar-refractivity contribution >= 4 is 29.1 Å². The van der Waals surface area contributed by atoms with Crippen LogP contribution in [-0.2, 0) is 4.79 Å². The molecular weight excluding hydrogens is 406 g/mol. The molecule has 3 atom stereocenters. The maximum absolute atomic E-state index is 13.4. The summed E-state index contributed by atoms with van der Waals surface area (Å²) in [6.45, 7) is 1.95. The molecular formula is C21H22ClN5O3. The van der Waals surface area contributed by atoms with Gasteiger partial charge in [0.05, 0.1) is 26.2 Å². The molecule has 1 aromatic heterocycles. The number of aromatic nitrogens is 3. The molecule has 4 rings (SSSR count). The van der Waals surface area contributed by atoms with Crippen LogP contribution in [0.15, 0.2) is 48.8 Å². The van der Waals surface area contributed by atoms with Crippen LogP contribution >= 0.6 is 11.6 Å². The van der Waals surface area contributed by atoms with Gasteiger partial charge in [-0.3, -0.25) is 4.79 Å². The number of anilines is 2. The summed E-state index contributed by atoms with van der Waals surface area (Å²) in [5, 5.41) is 11.2. The number of halogens is 1. The van der Waals surface area contributed by atoms with Crippen LogP contribution in [0.4, 0.5) is 11.6 Å². The first kappa shape index (κ1) is 20.0. The molecule has 0 unspecified atom stereocenters. The van der Waals surface area contributed by atoms with E-state index in [4.69, 9.17) is 21.1 Å². The number of rotatable bonds is 5. The first-order valence-electron chi connectivity index (χ1n) is 9.46. The molecule has 0 bridgehead atoms. The predicted molar refractivity (Wildman–Crippen MR) is 114 cm³/mol. The second-order valence-corrected chi connectivity index (χ2v) is 7.47. The number of benzene rings is 2. The van der Waals surface area contributed by atoms with E-state index in [2.05, 4.69) is 20.7 Å². The molecule has 2 N–H and O–H groups in total. The Bertz CT molecular complexity index is 1050. The Morgan fingerprint density at radius 1 is 1.17 bits per heavy atom. The van der Waals surface area contributed by atoms with Crippen molar-refractivity contribution in [1.82, 2.24) is 14.8 Å². The molecule has 0 fully saturated rings. The molecule has 0 saturated carbocycles. The van der Waals surface area contributed by atoms with Crippen LogP contribution < -0.4 is 20.1 Å². The molecule has 0 radical (unpaired) electrons. The maximum Gasteiger partial charge on any atom is 0.232 e. The summed E-state index contributed by atoms with van der Waals surface area (Å²) >= 11 is 5.96. The van der Waals surface area contributed by atoms with Crippen LogP contribution in [0, 0.1) is 5.92 Å². The third-order valence-corrected chi connectivity index (χ3v) is 5.49. The van der Waals surface area contributed by atoms with Crippen molar-refractivity contribution in [3.8, 4) is 11.5 Å². The van der Waals surface area contributed by atoms with Crippen LogP contribution in [0.5, 0.6) is 11.5 Å². The Morgan fingerprint density at radius 3 is 2.63 bits per heavy atom. The van der Waals surface area contributed by atoms with Crippen molar-refractivity contribution < 1.29 is 14.3 Å². The summed E-state index contributed by atoms with van der Waals surface area (Å²) in [5.41, 5.74) is 1.45. The van der Waals surface area contributed by atoms with Crippen molar-refractivity contribution in [2.45, 2.75) is 19.0 Å². The Hall–Kier alpha value is -3.26. The van der Waals surface area contributed by atoms with Gasteiger partial charge in [0.2, 0.25) is 11.9 Å². The minimum Gasteiger partial charge on any atom is -0.497 e. The number of carbonyl (C=O) groups excluding carboxylic acids is 1. The normalized spacial score (nSPS) is 20.1. The van der Waals surface area contributed by atoms with E-state index < -0.39 is 12.0 Å². The lowest BCUT2D eigenvalue weighted by Crippen LogP contribution is -2.46. The average Bonchev–Trinajstić information content (AvgIpc) is 3.21. The Kier molecular flexibility index (Phi) is 5.50. The largest absolute Gasteiger partial charge is 0.497 e. The summed E-state index contributed by atoms with van der Waals surface area (Å²) in [7, 11) is 3.20. The van der Waals surface area contributed by atoms with E-state index in [0.29, 0.717) is 28.2 Å². The topological polar surface area (TPSA) is 90.3 Å². The highest BCUT2D eigenvalue weighted by atomic mass is 35.5. The van der Waals surface area contributed by atoms with Crippen LogP contribution in [0.1, 0.15) is 18.5 Å². The SMILES string of the molecule is COc1ccc(OC)c([C@H]2[C@H](C(=O)Nc3ccc(Cl)cc3)[C@@H](C)Nc3ncnn32)c1. The summed E-state index contributed by atoms with van der Waals surface area (Å²) in [4.78, 5) is 17.7. The minimum atomic E-state index is -0.504. The maximum atomic E-state index is 13.4. The van der Waals surface area contributed by atoms with Crippen LogP contribution in [0.3, 0.4) is 0 Å². The summed E-state index contributed by atoms with van der Waals surface area (Å²) in [6, 6.07) is 11.9. The van der Waals surface area contributed by atoms with Gasteiger partial charge in [0.1, 0.15) is 17.8 Å². The van der Waals surface area contributed by atoms with Gasteiger partial charge in [0.15, 0.2) is 0 Å². The number of nitrogens with one attached hydrogen (secondary N) is 2. The molecule has 156 valence electrons. The molecule has 3 aromatic rings. The van der Waals surface area contributed by atoms with E-state index in [-0.39, 0.29) is 11.9 Å². The van der Waals surface area contributed by atoms with Gasteiger partial charge in [-0.2, -0.15) is 10.1 Å². The number of nitrogens with zero attached hydrogens (tertiary/aromatic N) is 3. The van der Waals surface area contributed by atoms with E-state index in [0.717, 1.165) is 5.56 Å². The standard InChI is InChI=1S/C21H22ClN5O3/c1-12-18(20(28)26-14-6-4-13(22)5-7-14)19(27-21(25-12)23-11-24-27)16-10-15(29-2)8-9-17(16)30-3/h4-12,18-19H,1-3H3,(H,26,28)(H,23,24,25)/t12-,18-,19+/m1/s1. The van der Waals surface area contributed by atoms with Gasteiger partial charge in [0.25, 0.3) is 0 Å². The fourth-order valence-electron chi connectivity index (χ4n) is 3.80. The van der Waals surface area contributed by atoms with Gasteiger partial charge in [0, 0.05) is 22.3 Å². The zero-order chi connectivity index (χ0) is 21.3. The van der Waals surface area contributed by atoms with E-state index >= 15 is 0 Å². The fraction of sp³-hybridized carbons (Fsp3) is 0.286. The van der Waals surface area contributed by atoms with E-state index in [9.17, 15) is 4.79 Å². The lowest BCUT2D eigenvalue weighted by Gasteiger charge is -2.37. The van der Waals surface area contributed by atoms with Gasteiger partial charge < -0.3 is 20.1 Å². The number of amides is 1. The zero-order valence-corrected chi connectivity index (χ0v) is 17.6. The first-order valence-corrected chi connectivity index (χ1v) is 9.84. The average molecular weight is 428 g/mol. The molecule has 0 saturated heterocycles. The molecule has 9 heteroatoms. The fourth-order valence-corrected chi connectivity index (χ4v) is 3.93. The van der Waals surface area contributed by atoms with Gasteiger partial charge in [-0.05, 0) is 49.4 Å². The van der Waals surface area contributed by atoms with Crippen LogP contribution in [0.25, 0.3) is 0 Å². The molecule has 0 aliphatic carbocycles. The quantitative estimate of drug-likeness (QED) is 0.646. The lowest BCUT2D eigenvalue weighted by molar-refractivity contribution is -0.121. The van der Waals surface area contributed by atoms with E-state index in [1.807, 2.05) is 25.1 Å². The highest BCUT2D eigenvalue weighted by Gasteiger charge is 2.42. The highest BCUT2D eigenvalue weighted by molar-refractivity contribution is 6.30. The number of ether oxygens (including phenoxy) is 2. The third-order valence-electron chi connectivity index (χ3n) is 5.24. The van der Waals surface area contributed by atoms with Crippen LogP contribution in [-0.4, -0.2) is 40.9 Å². The zero-order valence-electron chi connectivity index (χ0n) is 16.8. The van der Waals surface area contributed by atoms with Crippen molar-refractivity contribution in [2.75, 3.05) is 24.9 Å². The molecule has 8 nitrogen and oxygen atoms in total. The van der Waals surface area contributed by atoms with Gasteiger partial charge >= 0.3 is 0 Å². The molecule has 0 spiro atoms. The van der Waals surface area contributed by atoms with Crippen molar-refractivity contribution in [3.05, 3.63) is 59.4 Å².